The maximum Gasteiger partial charge on any atom is 0.102 e. The average Bonchev–Trinajstić information content (AvgIpc) is 2.63. The third kappa shape index (κ3) is 7.45. The lowest BCUT2D eigenvalue weighted by atomic mass is 9.92. The standard InChI is InChI=1S/C20H30Cl2N2O2/c1-2-3-10-23-13-17(25)14-26-24-20-7-5-4-6-16(20)11-15-8-9-18(21)19(22)12-15/h8-9,12,17,23-25H,2-7,10-11,13-14H2,1H3/t17-/m0/s1. The molecule has 1 aromatic carbocycles. The van der Waals surface area contributed by atoms with E-state index in [0.717, 1.165) is 56.3 Å². The monoisotopic (exact) mass is 400 g/mol. The number of halogens is 2. The molecule has 0 saturated carbocycles. The highest BCUT2D eigenvalue weighted by Gasteiger charge is 2.15. The van der Waals surface area contributed by atoms with Crippen molar-refractivity contribution in [3.8, 4) is 0 Å². The molecule has 0 aliphatic heterocycles. The zero-order chi connectivity index (χ0) is 18.8. The van der Waals surface area contributed by atoms with Gasteiger partial charge in [-0.2, -0.15) is 0 Å². The highest BCUT2D eigenvalue weighted by molar-refractivity contribution is 6.42. The van der Waals surface area contributed by atoms with Crippen molar-refractivity contribution in [2.75, 3.05) is 19.7 Å². The Morgan fingerprint density at radius 2 is 2.00 bits per heavy atom. The maximum absolute atomic E-state index is 9.96. The third-order valence-electron chi connectivity index (χ3n) is 4.54. The number of allylic oxidation sites excluding steroid dienone is 2. The van der Waals surface area contributed by atoms with Gasteiger partial charge in [-0.05, 0) is 68.3 Å². The average molecular weight is 401 g/mol. The first-order chi connectivity index (χ1) is 12.6. The van der Waals surface area contributed by atoms with E-state index < -0.39 is 6.10 Å². The van der Waals surface area contributed by atoms with Gasteiger partial charge in [0.25, 0.3) is 0 Å². The van der Waals surface area contributed by atoms with Crippen molar-refractivity contribution in [1.29, 1.82) is 0 Å². The fraction of sp³-hybridized carbons (Fsp3) is 0.600. The zero-order valence-electron chi connectivity index (χ0n) is 15.5. The van der Waals surface area contributed by atoms with E-state index in [4.69, 9.17) is 28.0 Å². The molecule has 6 heteroatoms. The van der Waals surface area contributed by atoms with Gasteiger partial charge in [-0.15, -0.1) is 0 Å². The first-order valence-corrected chi connectivity index (χ1v) is 10.3. The summed E-state index contributed by atoms with van der Waals surface area (Å²) < 4.78 is 0. The Bertz CT molecular complexity index is 593. The number of aliphatic hydroxyl groups is 1. The van der Waals surface area contributed by atoms with Gasteiger partial charge in [0.2, 0.25) is 0 Å². The highest BCUT2D eigenvalue weighted by atomic mass is 35.5. The SMILES string of the molecule is CCCCNC[C@H](O)CONC1=C(Cc2ccc(Cl)c(Cl)c2)CCCC1. The van der Waals surface area contributed by atoms with Gasteiger partial charge in [0.15, 0.2) is 0 Å². The number of rotatable bonds is 11. The Balaban J connectivity index is 1.83. The Morgan fingerprint density at radius 1 is 1.19 bits per heavy atom. The fourth-order valence-electron chi connectivity index (χ4n) is 3.04. The van der Waals surface area contributed by atoms with Gasteiger partial charge < -0.3 is 10.4 Å². The van der Waals surface area contributed by atoms with Gasteiger partial charge in [-0.25, -0.2) is 0 Å². The number of unbranched alkanes of at least 4 members (excludes halogenated alkanes) is 1. The number of benzene rings is 1. The molecule has 1 aromatic rings. The molecule has 26 heavy (non-hydrogen) atoms. The Hall–Kier alpha value is -0.780. The van der Waals surface area contributed by atoms with E-state index in [1.807, 2.05) is 18.2 Å². The van der Waals surface area contributed by atoms with Gasteiger partial charge in [-0.3, -0.25) is 10.3 Å². The number of hydrogen-bond donors (Lipinski definition) is 3. The van der Waals surface area contributed by atoms with E-state index in [0.29, 0.717) is 16.6 Å². The van der Waals surface area contributed by atoms with Crippen molar-refractivity contribution in [1.82, 2.24) is 10.8 Å². The quantitative estimate of drug-likeness (QED) is 0.374. The smallest absolute Gasteiger partial charge is 0.102 e. The molecule has 0 fully saturated rings. The number of hydrogen-bond acceptors (Lipinski definition) is 4. The molecule has 0 unspecified atom stereocenters. The van der Waals surface area contributed by atoms with E-state index >= 15 is 0 Å². The number of aliphatic hydroxyl groups excluding tert-OH is 1. The minimum Gasteiger partial charge on any atom is -0.389 e. The van der Waals surface area contributed by atoms with Crippen molar-refractivity contribution in [3.63, 3.8) is 0 Å². The van der Waals surface area contributed by atoms with Crippen molar-refractivity contribution in [2.24, 2.45) is 0 Å². The molecule has 0 spiro atoms. The van der Waals surface area contributed by atoms with E-state index in [1.165, 1.54) is 12.0 Å². The van der Waals surface area contributed by atoms with Gasteiger partial charge in [0.1, 0.15) is 6.61 Å². The Labute approximate surface area is 166 Å². The highest BCUT2D eigenvalue weighted by Crippen LogP contribution is 2.28. The predicted octanol–water partition coefficient (Wildman–Crippen LogP) is 4.64. The maximum atomic E-state index is 9.96. The summed E-state index contributed by atoms with van der Waals surface area (Å²) in [6.07, 6.45) is 6.96. The zero-order valence-corrected chi connectivity index (χ0v) is 17.0. The van der Waals surface area contributed by atoms with Crippen LogP contribution >= 0.6 is 23.2 Å². The molecule has 2 rings (SSSR count). The first kappa shape index (κ1) is 21.5. The van der Waals surface area contributed by atoms with Crippen molar-refractivity contribution in [3.05, 3.63) is 45.1 Å². The molecule has 0 saturated heterocycles. The second-order valence-corrected chi connectivity index (χ2v) is 7.65. The summed E-state index contributed by atoms with van der Waals surface area (Å²) in [4.78, 5) is 5.56. The van der Waals surface area contributed by atoms with E-state index in [2.05, 4.69) is 17.7 Å². The lowest BCUT2D eigenvalue weighted by molar-refractivity contribution is -0.00737. The van der Waals surface area contributed by atoms with Crippen LogP contribution in [0.15, 0.2) is 29.5 Å². The van der Waals surface area contributed by atoms with Gasteiger partial charge in [0, 0.05) is 12.2 Å². The topological polar surface area (TPSA) is 53.5 Å². The first-order valence-electron chi connectivity index (χ1n) is 9.51. The predicted molar refractivity (Wildman–Crippen MR) is 109 cm³/mol. The summed E-state index contributed by atoms with van der Waals surface area (Å²) in [5.74, 6) is 0. The Morgan fingerprint density at radius 3 is 2.77 bits per heavy atom. The molecule has 1 aliphatic carbocycles. The molecule has 0 radical (unpaired) electrons. The van der Waals surface area contributed by atoms with Crippen LogP contribution in [-0.2, 0) is 11.3 Å². The third-order valence-corrected chi connectivity index (χ3v) is 5.28. The molecule has 1 aliphatic rings. The molecule has 4 nitrogen and oxygen atoms in total. The molecule has 146 valence electrons. The minimum atomic E-state index is -0.512. The van der Waals surface area contributed by atoms with E-state index in [-0.39, 0.29) is 6.61 Å². The second kappa shape index (κ2) is 11.8. The van der Waals surface area contributed by atoms with Crippen LogP contribution in [-0.4, -0.2) is 30.9 Å². The number of hydroxylamine groups is 1. The van der Waals surface area contributed by atoms with Crippen molar-refractivity contribution < 1.29 is 9.94 Å². The van der Waals surface area contributed by atoms with Crippen LogP contribution in [0.2, 0.25) is 10.0 Å². The van der Waals surface area contributed by atoms with E-state index in [1.54, 1.807) is 0 Å². The molecular weight excluding hydrogens is 371 g/mol. The van der Waals surface area contributed by atoms with Gasteiger partial charge in [-0.1, -0.05) is 42.6 Å². The molecular formula is C20H30Cl2N2O2. The van der Waals surface area contributed by atoms with Crippen molar-refractivity contribution >= 4 is 23.2 Å². The van der Waals surface area contributed by atoms with Crippen LogP contribution in [0, 0.1) is 0 Å². The van der Waals surface area contributed by atoms with Crippen molar-refractivity contribution in [2.45, 2.75) is 58.0 Å². The van der Waals surface area contributed by atoms with Crippen LogP contribution in [0.5, 0.6) is 0 Å². The lowest BCUT2D eigenvalue weighted by Crippen LogP contribution is -2.33. The Kier molecular flexibility index (Phi) is 9.79. The molecule has 0 amide bonds. The summed E-state index contributed by atoms with van der Waals surface area (Å²) in [7, 11) is 0. The molecule has 0 heterocycles. The lowest BCUT2D eigenvalue weighted by Gasteiger charge is -2.22. The summed E-state index contributed by atoms with van der Waals surface area (Å²) in [6.45, 7) is 3.90. The van der Waals surface area contributed by atoms with Gasteiger partial charge in [0.05, 0.1) is 16.1 Å². The van der Waals surface area contributed by atoms with Crippen LogP contribution in [0.3, 0.4) is 0 Å². The summed E-state index contributed by atoms with van der Waals surface area (Å²) in [5.41, 5.74) is 6.70. The van der Waals surface area contributed by atoms with Gasteiger partial charge >= 0.3 is 0 Å². The molecule has 3 N–H and O–H groups in total. The van der Waals surface area contributed by atoms with E-state index in [9.17, 15) is 5.11 Å². The van der Waals surface area contributed by atoms with Crippen LogP contribution < -0.4 is 10.8 Å². The minimum absolute atomic E-state index is 0.267. The molecule has 1 atom stereocenters. The summed E-state index contributed by atoms with van der Waals surface area (Å²) >= 11 is 12.1. The fourth-order valence-corrected chi connectivity index (χ4v) is 3.36. The summed E-state index contributed by atoms with van der Waals surface area (Å²) in [6, 6.07) is 5.78. The molecule has 0 aromatic heterocycles. The number of nitrogens with one attached hydrogen (secondary N) is 2. The van der Waals surface area contributed by atoms with Crippen LogP contribution in [0.25, 0.3) is 0 Å². The van der Waals surface area contributed by atoms with Crippen LogP contribution in [0.1, 0.15) is 51.0 Å². The largest absolute Gasteiger partial charge is 0.389 e. The van der Waals surface area contributed by atoms with Crippen LogP contribution in [0.4, 0.5) is 0 Å². The molecule has 0 bridgehead atoms. The normalized spacial score (nSPS) is 16.0. The summed E-state index contributed by atoms with van der Waals surface area (Å²) in [5, 5.41) is 14.4. The second-order valence-electron chi connectivity index (χ2n) is 6.84.